The number of imidazole rings is 1. The number of nitrogens with one attached hydrogen (secondary N) is 1. The fourth-order valence-corrected chi connectivity index (χ4v) is 4.36. The molecule has 5 nitrogen and oxygen atoms in total. The highest BCUT2D eigenvalue weighted by atomic mass is 35.5. The first-order chi connectivity index (χ1) is 12.9. The third-order valence-electron chi connectivity index (χ3n) is 4.41. The number of para-hydroxylation sites is 2. The van der Waals surface area contributed by atoms with Crippen LogP contribution in [-0.4, -0.2) is 27.0 Å². The number of aryl methyl sites for hydroxylation is 1. The predicted molar refractivity (Wildman–Crippen MR) is 112 cm³/mol. The minimum Gasteiger partial charge on any atom is -0.351 e. The van der Waals surface area contributed by atoms with Crippen LogP contribution >= 0.6 is 22.9 Å². The Morgan fingerprint density at radius 3 is 2.67 bits per heavy atom. The summed E-state index contributed by atoms with van der Waals surface area (Å²) in [5, 5.41) is 2.97. The molecule has 0 fully saturated rings. The van der Waals surface area contributed by atoms with E-state index in [1.54, 1.807) is 0 Å². The van der Waals surface area contributed by atoms with Gasteiger partial charge in [0.15, 0.2) is 4.47 Å². The maximum absolute atomic E-state index is 12.5. The number of hydrogen-bond donors (Lipinski definition) is 1. The Bertz CT molecular complexity index is 945. The highest BCUT2D eigenvalue weighted by molar-refractivity contribution is 7.16. The van der Waals surface area contributed by atoms with Crippen LogP contribution < -0.4 is 5.32 Å². The van der Waals surface area contributed by atoms with E-state index in [9.17, 15) is 4.79 Å². The summed E-state index contributed by atoms with van der Waals surface area (Å²) in [6.45, 7) is 8.98. The standard InChI is InChI=1S/C20H25ClN4OS/c1-12(2)18-17(24-20(21)27-18)19(26)22-11-7-10-16-23-14-8-5-6-9-15(14)25(16)13(3)4/h5-6,8-9,12-13H,7,10-11H2,1-4H3,(H,22,26). The molecule has 0 aliphatic carbocycles. The summed E-state index contributed by atoms with van der Waals surface area (Å²) in [4.78, 5) is 22.4. The van der Waals surface area contributed by atoms with E-state index in [0.29, 0.717) is 22.7 Å². The third-order valence-corrected chi connectivity index (χ3v) is 5.88. The van der Waals surface area contributed by atoms with Crippen LogP contribution in [0.2, 0.25) is 4.47 Å². The molecule has 1 N–H and O–H groups in total. The Morgan fingerprint density at radius 1 is 1.22 bits per heavy atom. The summed E-state index contributed by atoms with van der Waals surface area (Å²) in [6.07, 6.45) is 1.62. The molecule has 0 saturated heterocycles. The maximum Gasteiger partial charge on any atom is 0.271 e. The monoisotopic (exact) mass is 404 g/mol. The maximum atomic E-state index is 12.5. The molecule has 1 aromatic carbocycles. The Hall–Kier alpha value is -1.92. The molecule has 0 radical (unpaired) electrons. The molecule has 2 heterocycles. The number of halogens is 1. The van der Waals surface area contributed by atoms with Crippen LogP contribution in [0.15, 0.2) is 24.3 Å². The Labute approximate surface area is 168 Å². The summed E-state index contributed by atoms with van der Waals surface area (Å²) < 4.78 is 2.68. The average molecular weight is 405 g/mol. The van der Waals surface area contributed by atoms with E-state index in [4.69, 9.17) is 16.6 Å². The molecule has 3 rings (SSSR count). The van der Waals surface area contributed by atoms with Crippen molar-refractivity contribution in [2.24, 2.45) is 0 Å². The van der Waals surface area contributed by atoms with E-state index < -0.39 is 0 Å². The Kier molecular flexibility index (Phi) is 6.17. The van der Waals surface area contributed by atoms with Gasteiger partial charge in [-0.1, -0.05) is 37.6 Å². The summed E-state index contributed by atoms with van der Waals surface area (Å²) in [5.41, 5.74) is 2.63. The van der Waals surface area contributed by atoms with Crippen molar-refractivity contribution < 1.29 is 4.79 Å². The van der Waals surface area contributed by atoms with Crippen molar-refractivity contribution in [1.82, 2.24) is 19.9 Å². The van der Waals surface area contributed by atoms with Gasteiger partial charge < -0.3 is 9.88 Å². The van der Waals surface area contributed by atoms with Gasteiger partial charge in [0.25, 0.3) is 5.91 Å². The van der Waals surface area contributed by atoms with Gasteiger partial charge in [-0.15, -0.1) is 11.3 Å². The van der Waals surface area contributed by atoms with E-state index in [0.717, 1.165) is 34.6 Å². The molecular formula is C20H25ClN4OS. The fraction of sp³-hybridized carbons (Fsp3) is 0.450. The quantitative estimate of drug-likeness (QED) is 0.549. The zero-order valence-corrected chi connectivity index (χ0v) is 17.7. The van der Waals surface area contributed by atoms with Crippen molar-refractivity contribution in [1.29, 1.82) is 0 Å². The van der Waals surface area contributed by atoms with Crippen molar-refractivity contribution >= 4 is 39.9 Å². The number of carbonyl (C=O) groups is 1. The van der Waals surface area contributed by atoms with Gasteiger partial charge in [-0.25, -0.2) is 9.97 Å². The summed E-state index contributed by atoms with van der Waals surface area (Å²) in [7, 11) is 0. The van der Waals surface area contributed by atoms with Crippen LogP contribution in [0.5, 0.6) is 0 Å². The molecule has 0 unspecified atom stereocenters. The second-order valence-corrected chi connectivity index (χ2v) is 8.79. The number of hydrogen-bond acceptors (Lipinski definition) is 4. The van der Waals surface area contributed by atoms with E-state index in [1.165, 1.54) is 11.3 Å². The van der Waals surface area contributed by atoms with E-state index in [2.05, 4.69) is 34.8 Å². The van der Waals surface area contributed by atoms with Crippen LogP contribution in [0.4, 0.5) is 0 Å². The molecule has 7 heteroatoms. The highest BCUT2D eigenvalue weighted by Crippen LogP contribution is 2.29. The molecule has 1 amide bonds. The molecule has 0 aliphatic heterocycles. The van der Waals surface area contributed by atoms with Crippen LogP contribution in [0.25, 0.3) is 11.0 Å². The largest absolute Gasteiger partial charge is 0.351 e. The number of amides is 1. The summed E-state index contributed by atoms with van der Waals surface area (Å²) >= 11 is 7.37. The SMILES string of the molecule is CC(C)c1sc(Cl)nc1C(=O)NCCCc1nc2ccccc2n1C(C)C. The third kappa shape index (κ3) is 4.33. The molecule has 27 heavy (non-hydrogen) atoms. The molecule has 2 aromatic heterocycles. The van der Waals surface area contributed by atoms with Gasteiger partial charge in [0.2, 0.25) is 0 Å². The fourth-order valence-electron chi connectivity index (χ4n) is 3.24. The number of thiazole rings is 1. The molecule has 0 spiro atoms. The van der Waals surface area contributed by atoms with Gasteiger partial charge in [-0.2, -0.15) is 0 Å². The molecule has 144 valence electrons. The van der Waals surface area contributed by atoms with E-state index in [1.807, 2.05) is 32.0 Å². The first-order valence-corrected chi connectivity index (χ1v) is 10.5. The Balaban J connectivity index is 1.63. The second kappa shape index (κ2) is 8.40. The number of aromatic nitrogens is 3. The molecule has 0 saturated carbocycles. The molecule has 0 bridgehead atoms. The van der Waals surface area contributed by atoms with Gasteiger partial charge in [-0.3, -0.25) is 4.79 Å². The number of rotatable bonds is 7. The molecular weight excluding hydrogens is 380 g/mol. The molecule has 0 atom stereocenters. The second-order valence-electron chi connectivity index (χ2n) is 7.17. The minimum atomic E-state index is -0.154. The average Bonchev–Trinajstić information content (AvgIpc) is 3.18. The van der Waals surface area contributed by atoms with Crippen LogP contribution in [-0.2, 0) is 6.42 Å². The van der Waals surface area contributed by atoms with Gasteiger partial charge in [-0.05, 0) is 38.3 Å². The predicted octanol–water partition coefficient (Wildman–Crippen LogP) is 5.21. The highest BCUT2D eigenvalue weighted by Gasteiger charge is 2.19. The summed E-state index contributed by atoms with van der Waals surface area (Å²) in [6, 6.07) is 8.53. The van der Waals surface area contributed by atoms with E-state index in [-0.39, 0.29) is 11.8 Å². The lowest BCUT2D eigenvalue weighted by atomic mass is 10.1. The van der Waals surface area contributed by atoms with Crippen molar-refractivity contribution in [3.63, 3.8) is 0 Å². The first kappa shape index (κ1) is 19.8. The number of benzene rings is 1. The van der Waals surface area contributed by atoms with Crippen molar-refractivity contribution in [3.05, 3.63) is 45.1 Å². The lowest BCUT2D eigenvalue weighted by Gasteiger charge is -2.13. The van der Waals surface area contributed by atoms with Gasteiger partial charge >= 0.3 is 0 Å². The van der Waals surface area contributed by atoms with Gasteiger partial charge in [0.1, 0.15) is 11.5 Å². The van der Waals surface area contributed by atoms with Crippen LogP contribution in [0.1, 0.15) is 67.3 Å². The number of fused-ring (bicyclic) bond motifs is 1. The Morgan fingerprint density at radius 2 is 1.96 bits per heavy atom. The zero-order chi connectivity index (χ0) is 19.6. The van der Waals surface area contributed by atoms with E-state index >= 15 is 0 Å². The smallest absolute Gasteiger partial charge is 0.271 e. The lowest BCUT2D eigenvalue weighted by Crippen LogP contribution is -2.26. The normalized spacial score (nSPS) is 11.7. The first-order valence-electron chi connectivity index (χ1n) is 9.28. The summed E-state index contributed by atoms with van der Waals surface area (Å²) in [5.74, 6) is 1.13. The van der Waals surface area contributed by atoms with Gasteiger partial charge in [0.05, 0.1) is 11.0 Å². The molecule has 3 aromatic rings. The molecule has 0 aliphatic rings. The zero-order valence-electron chi connectivity index (χ0n) is 16.1. The lowest BCUT2D eigenvalue weighted by molar-refractivity contribution is 0.0947. The van der Waals surface area contributed by atoms with Crippen molar-refractivity contribution in [2.75, 3.05) is 6.54 Å². The minimum absolute atomic E-state index is 0.154. The number of nitrogens with zero attached hydrogens (tertiary/aromatic N) is 3. The van der Waals surface area contributed by atoms with Crippen LogP contribution in [0, 0.1) is 0 Å². The van der Waals surface area contributed by atoms with Crippen molar-refractivity contribution in [3.8, 4) is 0 Å². The van der Waals surface area contributed by atoms with Gasteiger partial charge in [0, 0.05) is 23.9 Å². The van der Waals surface area contributed by atoms with Crippen molar-refractivity contribution in [2.45, 2.75) is 52.5 Å². The van der Waals surface area contributed by atoms with Crippen LogP contribution in [0.3, 0.4) is 0 Å². The topological polar surface area (TPSA) is 59.8 Å². The number of carbonyl (C=O) groups excluding carboxylic acids is 1.